The average Bonchev–Trinajstić information content (AvgIpc) is 3.20. The molecule has 1 aromatic heterocycles. The van der Waals surface area contributed by atoms with Gasteiger partial charge in [0.05, 0.1) is 17.8 Å². The molecular formula is C26H25N3O. The van der Waals surface area contributed by atoms with E-state index in [1.807, 2.05) is 97.6 Å². The van der Waals surface area contributed by atoms with E-state index in [9.17, 15) is 4.79 Å². The molecule has 150 valence electrons. The van der Waals surface area contributed by atoms with Crippen LogP contribution in [0.2, 0.25) is 0 Å². The Morgan fingerprint density at radius 1 is 0.867 bits per heavy atom. The molecule has 0 bridgehead atoms. The van der Waals surface area contributed by atoms with Crippen molar-refractivity contribution in [2.24, 2.45) is 0 Å². The monoisotopic (exact) mass is 395 g/mol. The summed E-state index contributed by atoms with van der Waals surface area (Å²) in [4.78, 5) is 14.7. The van der Waals surface area contributed by atoms with E-state index in [2.05, 4.69) is 12.1 Å². The molecule has 0 unspecified atom stereocenters. The predicted octanol–water partition coefficient (Wildman–Crippen LogP) is 5.05. The molecule has 1 heterocycles. The Morgan fingerprint density at radius 2 is 1.50 bits per heavy atom. The molecule has 0 atom stereocenters. The van der Waals surface area contributed by atoms with Crippen molar-refractivity contribution < 1.29 is 4.79 Å². The van der Waals surface area contributed by atoms with E-state index in [1.54, 1.807) is 4.90 Å². The highest BCUT2D eigenvalue weighted by atomic mass is 16.2. The number of carbonyl (C=O) groups excluding carboxylic acids is 1. The van der Waals surface area contributed by atoms with Crippen LogP contribution in [0.15, 0.2) is 91.1 Å². The number of amides is 1. The number of benzene rings is 3. The van der Waals surface area contributed by atoms with Crippen LogP contribution in [0.1, 0.15) is 16.7 Å². The zero-order valence-electron chi connectivity index (χ0n) is 17.3. The van der Waals surface area contributed by atoms with Crippen molar-refractivity contribution in [3.05, 3.63) is 108 Å². The lowest BCUT2D eigenvalue weighted by Crippen LogP contribution is -2.28. The van der Waals surface area contributed by atoms with Crippen LogP contribution in [0.5, 0.6) is 0 Å². The van der Waals surface area contributed by atoms with Crippen molar-refractivity contribution in [1.82, 2.24) is 14.7 Å². The van der Waals surface area contributed by atoms with Crippen LogP contribution >= 0.6 is 0 Å². The van der Waals surface area contributed by atoms with E-state index in [-0.39, 0.29) is 5.91 Å². The molecule has 0 saturated heterocycles. The number of nitrogens with zero attached hydrogens (tertiary/aromatic N) is 3. The van der Waals surface area contributed by atoms with E-state index in [0.29, 0.717) is 13.0 Å². The zero-order valence-corrected chi connectivity index (χ0v) is 17.3. The van der Waals surface area contributed by atoms with Gasteiger partial charge in [0, 0.05) is 30.9 Å². The second kappa shape index (κ2) is 8.78. The molecule has 0 fully saturated rings. The van der Waals surface area contributed by atoms with Gasteiger partial charge in [0.1, 0.15) is 0 Å². The summed E-state index contributed by atoms with van der Waals surface area (Å²) in [7, 11) is 1.86. The van der Waals surface area contributed by atoms with Gasteiger partial charge >= 0.3 is 0 Å². The first-order valence-electron chi connectivity index (χ1n) is 10.1. The summed E-state index contributed by atoms with van der Waals surface area (Å²) in [6, 6.07) is 28.2. The molecule has 4 rings (SSSR count). The summed E-state index contributed by atoms with van der Waals surface area (Å²) in [6.45, 7) is 2.54. The molecule has 0 aliphatic rings. The molecule has 3 aromatic carbocycles. The predicted molar refractivity (Wildman–Crippen MR) is 120 cm³/mol. The average molecular weight is 396 g/mol. The Hall–Kier alpha value is -3.66. The van der Waals surface area contributed by atoms with E-state index in [1.165, 1.54) is 0 Å². The van der Waals surface area contributed by atoms with Crippen LogP contribution < -0.4 is 0 Å². The minimum Gasteiger partial charge on any atom is -0.341 e. The first kappa shape index (κ1) is 19.6. The molecule has 0 N–H and O–H groups in total. The normalized spacial score (nSPS) is 10.7. The van der Waals surface area contributed by atoms with Crippen LogP contribution in [0.25, 0.3) is 16.9 Å². The van der Waals surface area contributed by atoms with Gasteiger partial charge in [-0.1, -0.05) is 72.8 Å². The van der Waals surface area contributed by atoms with Crippen molar-refractivity contribution in [3.63, 3.8) is 0 Å². The van der Waals surface area contributed by atoms with Crippen LogP contribution in [0.4, 0.5) is 0 Å². The second-order valence-electron chi connectivity index (χ2n) is 7.50. The maximum absolute atomic E-state index is 12.9. The number of aromatic nitrogens is 2. The Labute approximate surface area is 177 Å². The molecule has 4 heteroatoms. The molecule has 1 amide bonds. The fourth-order valence-corrected chi connectivity index (χ4v) is 3.53. The van der Waals surface area contributed by atoms with E-state index >= 15 is 0 Å². The maximum Gasteiger partial charge on any atom is 0.227 e. The van der Waals surface area contributed by atoms with E-state index in [0.717, 1.165) is 33.6 Å². The van der Waals surface area contributed by atoms with E-state index < -0.39 is 0 Å². The number of aryl methyl sites for hydroxylation is 1. The Bertz CT molecular complexity index is 1130. The molecule has 0 radical (unpaired) electrons. The third kappa shape index (κ3) is 4.33. The summed E-state index contributed by atoms with van der Waals surface area (Å²) in [5, 5.41) is 4.84. The highest BCUT2D eigenvalue weighted by molar-refractivity contribution is 5.79. The topological polar surface area (TPSA) is 38.1 Å². The number of rotatable bonds is 6. The highest BCUT2D eigenvalue weighted by Gasteiger charge is 2.17. The molecule has 30 heavy (non-hydrogen) atoms. The lowest BCUT2D eigenvalue weighted by Gasteiger charge is -2.18. The molecule has 0 saturated carbocycles. The minimum absolute atomic E-state index is 0.0933. The highest BCUT2D eigenvalue weighted by Crippen LogP contribution is 2.25. The lowest BCUT2D eigenvalue weighted by atomic mass is 10.0. The molecule has 4 nitrogen and oxygen atoms in total. The van der Waals surface area contributed by atoms with Gasteiger partial charge in [0.2, 0.25) is 5.91 Å². The quantitative estimate of drug-likeness (QED) is 0.458. The van der Waals surface area contributed by atoms with Crippen molar-refractivity contribution in [1.29, 1.82) is 0 Å². The van der Waals surface area contributed by atoms with Gasteiger partial charge in [-0.3, -0.25) is 4.79 Å². The minimum atomic E-state index is 0.0933. The number of carbonyl (C=O) groups is 1. The van der Waals surface area contributed by atoms with Crippen LogP contribution in [-0.2, 0) is 17.8 Å². The van der Waals surface area contributed by atoms with Gasteiger partial charge in [0.25, 0.3) is 0 Å². The molecule has 0 spiro atoms. The largest absolute Gasteiger partial charge is 0.341 e. The summed E-state index contributed by atoms with van der Waals surface area (Å²) >= 11 is 0. The van der Waals surface area contributed by atoms with Gasteiger partial charge in [-0.05, 0) is 30.2 Å². The molecule has 4 aromatic rings. The number of hydrogen-bond donors (Lipinski definition) is 0. The van der Waals surface area contributed by atoms with Crippen molar-refractivity contribution in [3.8, 4) is 16.9 Å². The number of para-hydroxylation sites is 1. The summed E-state index contributed by atoms with van der Waals surface area (Å²) < 4.78 is 1.89. The fourth-order valence-electron chi connectivity index (χ4n) is 3.53. The molecule has 0 aliphatic heterocycles. The summed E-state index contributed by atoms with van der Waals surface area (Å²) in [6.07, 6.45) is 2.42. The molecular weight excluding hydrogens is 370 g/mol. The summed E-state index contributed by atoms with van der Waals surface area (Å²) in [5.74, 6) is 0.0933. The van der Waals surface area contributed by atoms with Crippen LogP contribution in [0.3, 0.4) is 0 Å². The standard InChI is InChI=1S/C26H25N3O/c1-20-11-9-10-14-22(20)17-25(30)28(2)18-23-19-29(24-15-7-4-8-16-24)27-26(23)21-12-5-3-6-13-21/h3-16,19H,17-18H2,1-2H3. The Kier molecular flexibility index (Phi) is 5.75. The van der Waals surface area contributed by atoms with Gasteiger partial charge in [-0.15, -0.1) is 0 Å². The van der Waals surface area contributed by atoms with Gasteiger partial charge in [-0.2, -0.15) is 5.10 Å². The second-order valence-corrected chi connectivity index (χ2v) is 7.50. The number of likely N-dealkylation sites (N-methyl/N-ethyl adjacent to an activating group) is 1. The first-order chi connectivity index (χ1) is 14.6. The first-order valence-corrected chi connectivity index (χ1v) is 10.1. The number of hydrogen-bond acceptors (Lipinski definition) is 2. The third-order valence-electron chi connectivity index (χ3n) is 5.29. The fraction of sp³-hybridized carbons (Fsp3) is 0.154. The van der Waals surface area contributed by atoms with Crippen LogP contribution in [0, 0.1) is 6.92 Å². The lowest BCUT2D eigenvalue weighted by molar-refractivity contribution is -0.129. The smallest absolute Gasteiger partial charge is 0.227 e. The zero-order chi connectivity index (χ0) is 20.9. The van der Waals surface area contributed by atoms with Crippen LogP contribution in [-0.4, -0.2) is 27.6 Å². The SMILES string of the molecule is Cc1ccccc1CC(=O)N(C)Cc1cn(-c2ccccc2)nc1-c1ccccc1. The third-order valence-corrected chi connectivity index (χ3v) is 5.29. The summed E-state index contributed by atoms with van der Waals surface area (Å²) in [5.41, 5.74) is 6.16. The maximum atomic E-state index is 12.9. The van der Waals surface area contributed by atoms with Crippen molar-refractivity contribution >= 4 is 5.91 Å². The van der Waals surface area contributed by atoms with Gasteiger partial charge < -0.3 is 4.90 Å². The van der Waals surface area contributed by atoms with E-state index in [4.69, 9.17) is 5.10 Å². The Balaban J connectivity index is 1.61. The van der Waals surface area contributed by atoms with Crippen molar-refractivity contribution in [2.75, 3.05) is 7.05 Å². The van der Waals surface area contributed by atoms with Crippen molar-refractivity contribution in [2.45, 2.75) is 19.9 Å². The molecule has 0 aliphatic carbocycles. The Morgan fingerprint density at radius 3 is 2.20 bits per heavy atom. The van der Waals surface area contributed by atoms with Gasteiger partial charge in [0.15, 0.2) is 0 Å². The van der Waals surface area contributed by atoms with Gasteiger partial charge in [-0.25, -0.2) is 4.68 Å².